The summed E-state index contributed by atoms with van der Waals surface area (Å²) in [5.41, 5.74) is 0. The van der Waals surface area contributed by atoms with E-state index in [0.717, 1.165) is 0 Å². The Labute approximate surface area is 65.0 Å². The van der Waals surface area contributed by atoms with Crippen molar-refractivity contribution in [3.8, 4) is 0 Å². The van der Waals surface area contributed by atoms with Crippen LogP contribution in [0.5, 0.6) is 0 Å². The van der Waals surface area contributed by atoms with Gasteiger partial charge in [-0.2, -0.15) is 10.2 Å². The van der Waals surface area contributed by atoms with E-state index in [2.05, 4.69) is 10.2 Å². The summed E-state index contributed by atoms with van der Waals surface area (Å²) in [5.74, 6) is -0.161. The van der Waals surface area contributed by atoms with Crippen molar-refractivity contribution < 1.29 is 9.53 Å². The number of ether oxygens (including phenoxy) is 1. The Morgan fingerprint density at radius 2 is 2.18 bits per heavy atom. The molecule has 11 heavy (non-hydrogen) atoms. The van der Waals surface area contributed by atoms with E-state index in [0.29, 0.717) is 13.0 Å². The first-order valence-electron chi connectivity index (χ1n) is 3.55. The van der Waals surface area contributed by atoms with E-state index in [4.69, 9.17) is 4.74 Å². The topological polar surface area (TPSA) is 51.0 Å². The second-order valence-electron chi connectivity index (χ2n) is 2.20. The number of hydrogen-bond donors (Lipinski definition) is 0. The van der Waals surface area contributed by atoms with Gasteiger partial charge in [-0.3, -0.25) is 4.79 Å². The van der Waals surface area contributed by atoms with Gasteiger partial charge < -0.3 is 4.74 Å². The fourth-order valence-corrected chi connectivity index (χ4v) is 0.805. The standard InChI is InChI=1S/C7H10N2O2/c1-2-11-7(10)3-6-4-8-9-5-6/h4-6H,2-3H2,1H3. The maximum absolute atomic E-state index is 10.9. The van der Waals surface area contributed by atoms with Crippen LogP contribution in [0.25, 0.3) is 0 Å². The van der Waals surface area contributed by atoms with Gasteiger partial charge in [-0.05, 0) is 6.92 Å². The largest absolute Gasteiger partial charge is 0.466 e. The van der Waals surface area contributed by atoms with Gasteiger partial charge in [-0.25, -0.2) is 0 Å². The highest BCUT2D eigenvalue weighted by atomic mass is 16.5. The van der Waals surface area contributed by atoms with Gasteiger partial charge in [0.15, 0.2) is 0 Å². The van der Waals surface area contributed by atoms with Crippen molar-refractivity contribution in [2.45, 2.75) is 13.3 Å². The minimum atomic E-state index is -0.197. The molecule has 0 spiro atoms. The molecule has 0 saturated carbocycles. The Balaban J connectivity index is 2.25. The first-order valence-corrected chi connectivity index (χ1v) is 3.55. The van der Waals surface area contributed by atoms with Crippen molar-refractivity contribution in [3.05, 3.63) is 0 Å². The summed E-state index contributed by atoms with van der Waals surface area (Å²) >= 11 is 0. The smallest absolute Gasteiger partial charge is 0.306 e. The summed E-state index contributed by atoms with van der Waals surface area (Å²) in [7, 11) is 0. The van der Waals surface area contributed by atoms with Crippen LogP contribution in [0.4, 0.5) is 0 Å². The molecule has 4 nitrogen and oxygen atoms in total. The Morgan fingerprint density at radius 3 is 2.73 bits per heavy atom. The van der Waals surface area contributed by atoms with Crippen molar-refractivity contribution in [2.24, 2.45) is 16.1 Å². The highest BCUT2D eigenvalue weighted by molar-refractivity contribution is 5.91. The second-order valence-corrected chi connectivity index (χ2v) is 2.20. The fraction of sp³-hybridized carbons (Fsp3) is 0.571. The van der Waals surface area contributed by atoms with Gasteiger partial charge in [0.25, 0.3) is 0 Å². The lowest BCUT2D eigenvalue weighted by Gasteiger charge is -2.01. The Hall–Kier alpha value is -1.19. The van der Waals surface area contributed by atoms with E-state index in [9.17, 15) is 4.79 Å². The maximum atomic E-state index is 10.9. The van der Waals surface area contributed by atoms with Gasteiger partial charge in [0.1, 0.15) is 0 Å². The van der Waals surface area contributed by atoms with Crippen LogP contribution in [0.3, 0.4) is 0 Å². The summed E-state index contributed by atoms with van der Waals surface area (Å²) < 4.78 is 4.74. The molecule has 0 aromatic heterocycles. The van der Waals surface area contributed by atoms with Gasteiger partial charge in [-0.15, -0.1) is 0 Å². The third-order valence-corrected chi connectivity index (χ3v) is 1.29. The molecule has 1 rings (SSSR count). The van der Waals surface area contributed by atoms with Gasteiger partial charge in [0, 0.05) is 18.3 Å². The molecule has 60 valence electrons. The predicted molar refractivity (Wildman–Crippen MR) is 41.7 cm³/mol. The Bertz CT molecular complexity index is 187. The van der Waals surface area contributed by atoms with Crippen LogP contribution in [0.2, 0.25) is 0 Å². The monoisotopic (exact) mass is 154 g/mol. The zero-order valence-corrected chi connectivity index (χ0v) is 6.36. The first kappa shape index (κ1) is 7.91. The molecule has 1 aliphatic rings. The van der Waals surface area contributed by atoms with Crippen LogP contribution in [-0.2, 0) is 9.53 Å². The molecular weight excluding hydrogens is 144 g/mol. The third kappa shape index (κ3) is 2.49. The molecular formula is C7H10N2O2. The quantitative estimate of drug-likeness (QED) is 0.560. The summed E-state index contributed by atoms with van der Waals surface area (Å²) in [5, 5.41) is 7.23. The highest BCUT2D eigenvalue weighted by Crippen LogP contribution is 2.03. The predicted octanol–water partition coefficient (Wildman–Crippen LogP) is 0.626. The molecule has 0 saturated heterocycles. The van der Waals surface area contributed by atoms with Crippen molar-refractivity contribution in [1.29, 1.82) is 0 Å². The fourth-order valence-electron chi connectivity index (χ4n) is 0.805. The molecule has 0 amide bonds. The van der Waals surface area contributed by atoms with E-state index in [1.54, 1.807) is 19.4 Å². The van der Waals surface area contributed by atoms with E-state index in [1.165, 1.54) is 0 Å². The van der Waals surface area contributed by atoms with Crippen LogP contribution in [0.15, 0.2) is 10.2 Å². The van der Waals surface area contributed by atoms with Crippen LogP contribution in [0.1, 0.15) is 13.3 Å². The van der Waals surface area contributed by atoms with E-state index < -0.39 is 0 Å². The maximum Gasteiger partial charge on any atom is 0.306 e. The third-order valence-electron chi connectivity index (χ3n) is 1.29. The molecule has 0 fully saturated rings. The molecule has 0 N–H and O–H groups in total. The number of carbonyl (C=O) groups is 1. The van der Waals surface area contributed by atoms with Crippen LogP contribution < -0.4 is 0 Å². The second kappa shape index (κ2) is 3.85. The first-order chi connectivity index (χ1) is 5.33. The van der Waals surface area contributed by atoms with E-state index in [-0.39, 0.29) is 11.9 Å². The van der Waals surface area contributed by atoms with E-state index >= 15 is 0 Å². The molecule has 0 unspecified atom stereocenters. The molecule has 0 aliphatic carbocycles. The highest BCUT2D eigenvalue weighted by Gasteiger charge is 2.12. The number of hydrogen-bond acceptors (Lipinski definition) is 4. The lowest BCUT2D eigenvalue weighted by Crippen LogP contribution is -2.11. The lowest BCUT2D eigenvalue weighted by atomic mass is 10.1. The van der Waals surface area contributed by atoms with Crippen molar-refractivity contribution in [1.82, 2.24) is 0 Å². The zero-order chi connectivity index (χ0) is 8.10. The average molecular weight is 154 g/mol. The normalized spacial score (nSPS) is 15.7. The minimum Gasteiger partial charge on any atom is -0.466 e. The number of carbonyl (C=O) groups excluding carboxylic acids is 1. The molecule has 0 aromatic carbocycles. The Morgan fingerprint density at radius 1 is 1.55 bits per heavy atom. The summed E-state index contributed by atoms with van der Waals surface area (Å²) in [6.07, 6.45) is 3.62. The molecule has 0 radical (unpaired) electrons. The van der Waals surface area contributed by atoms with Gasteiger partial charge in [0.2, 0.25) is 0 Å². The van der Waals surface area contributed by atoms with E-state index in [1.807, 2.05) is 0 Å². The number of rotatable bonds is 3. The summed E-state index contributed by atoms with van der Waals surface area (Å²) in [6, 6.07) is 0. The number of esters is 1. The van der Waals surface area contributed by atoms with Crippen molar-refractivity contribution in [2.75, 3.05) is 6.61 Å². The number of nitrogens with zero attached hydrogens (tertiary/aromatic N) is 2. The summed E-state index contributed by atoms with van der Waals surface area (Å²) in [4.78, 5) is 10.9. The van der Waals surface area contributed by atoms with Crippen LogP contribution in [0, 0.1) is 5.92 Å². The van der Waals surface area contributed by atoms with Gasteiger partial charge in [0.05, 0.1) is 13.0 Å². The summed E-state index contributed by atoms with van der Waals surface area (Å²) in [6.45, 7) is 2.22. The van der Waals surface area contributed by atoms with Crippen molar-refractivity contribution >= 4 is 18.4 Å². The molecule has 1 aliphatic heterocycles. The molecule has 1 heterocycles. The average Bonchev–Trinajstić information content (AvgIpc) is 2.40. The Kier molecular flexibility index (Phi) is 2.77. The molecule has 0 aromatic rings. The minimum absolute atomic E-state index is 0.0362. The van der Waals surface area contributed by atoms with Crippen molar-refractivity contribution in [3.63, 3.8) is 0 Å². The molecule has 4 heteroatoms. The molecule has 0 bridgehead atoms. The SMILES string of the molecule is CCOC(=O)CC1C=NN=C1. The van der Waals surface area contributed by atoms with Gasteiger partial charge >= 0.3 is 5.97 Å². The lowest BCUT2D eigenvalue weighted by molar-refractivity contribution is -0.143. The zero-order valence-electron chi connectivity index (χ0n) is 6.36. The van der Waals surface area contributed by atoms with Crippen LogP contribution >= 0.6 is 0 Å². The van der Waals surface area contributed by atoms with Gasteiger partial charge in [-0.1, -0.05) is 0 Å². The molecule has 0 atom stereocenters. The van der Waals surface area contributed by atoms with Crippen LogP contribution in [-0.4, -0.2) is 25.0 Å².